The fourth-order valence-corrected chi connectivity index (χ4v) is 2.36. The Morgan fingerprint density at radius 2 is 1.93 bits per heavy atom. The Morgan fingerprint density at radius 3 is 2.36 bits per heavy atom. The minimum Gasteiger partial charge on any atom is -0.317 e. The largest absolute Gasteiger partial charge is 0.317 e. The van der Waals surface area contributed by atoms with Crippen LogP contribution in [0.4, 0.5) is 0 Å². The zero-order valence-electron chi connectivity index (χ0n) is 9.84. The highest BCUT2D eigenvalue weighted by atomic mass is 15.1. The smallest absolute Gasteiger partial charge is 0.0187 e. The molecular weight excluding hydrogens is 172 g/mol. The maximum absolute atomic E-state index is 3.97. The van der Waals surface area contributed by atoms with Gasteiger partial charge in [0, 0.05) is 18.6 Å². The molecule has 0 aromatic carbocycles. The average Bonchev–Trinajstić information content (AvgIpc) is 2.17. The monoisotopic (exact) mass is 196 g/mol. The first-order valence-corrected chi connectivity index (χ1v) is 5.65. The molecule has 0 aliphatic heterocycles. The summed E-state index contributed by atoms with van der Waals surface area (Å²) in [5.74, 6) is 0. The molecule has 0 aromatic heterocycles. The highest BCUT2D eigenvalue weighted by Gasteiger charge is 2.22. The predicted molar refractivity (Wildman–Crippen MR) is 62.5 cm³/mol. The van der Waals surface area contributed by atoms with Crippen molar-refractivity contribution < 1.29 is 0 Å². The van der Waals surface area contributed by atoms with Crippen molar-refractivity contribution in [2.75, 3.05) is 20.6 Å². The van der Waals surface area contributed by atoms with Gasteiger partial charge in [-0.2, -0.15) is 0 Å². The van der Waals surface area contributed by atoms with Crippen LogP contribution in [0.5, 0.6) is 0 Å². The molecule has 0 bridgehead atoms. The number of likely N-dealkylation sites (N-methyl/N-ethyl adjacent to an activating group) is 1. The summed E-state index contributed by atoms with van der Waals surface area (Å²) in [6.45, 7) is 7.12. The summed E-state index contributed by atoms with van der Waals surface area (Å²) < 4.78 is 0. The van der Waals surface area contributed by atoms with E-state index in [1.54, 1.807) is 0 Å². The van der Waals surface area contributed by atoms with Crippen LogP contribution < -0.4 is 5.32 Å². The molecule has 1 rings (SSSR count). The van der Waals surface area contributed by atoms with E-state index in [1.165, 1.54) is 31.3 Å². The van der Waals surface area contributed by atoms with Crippen LogP contribution in [-0.4, -0.2) is 37.6 Å². The first kappa shape index (κ1) is 11.7. The van der Waals surface area contributed by atoms with Gasteiger partial charge >= 0.3 is 0 Å². The molecule has 1 aliphatic rings. The molecule has 2 heteroatoms. The lowest BCUT2D eigenvalue weighted by atomic mass is 9.90. The first-order chi connectivity index (χ1) is 6.63. The quantitative estimate of drug-likeness (QED) is 0.692. The zero-order valence-corrected chi connectivity index (χ0v) is 9.84. The van der Waals surface area contributed by atoms with Crippen molar-refractivity contribution in [3.63, 3.8) is 0 Å². The van der Waals surface area contributed by atoms with E-state index in [0.29, 0.717) is 0 Å². The Kier molecular flexibility index (Phi) is 4.63. The zero-order chi connectivity index (χ0) is 10.6. The average molecular weight is 196 g/mol. The third kappa shape index (κ3) is 3.43. The molecule has 0 saturated heterocycles. The molecule has 1 aliphatic carbocycles. The van der Waals surface area contributed by atoms with Gasteiger partial charge in [-0.05, 0) is 46.7 Å². The number of hydrogen-bond donors (Lipinski definition) is 1. The highest BCUT2D eigenvalue weighted by molar-refractivity contribution is 4.93. The topological polar surface area (TPSA) is 15.3 Å². The van der Waals surface area contributed by atoms with Gasteiger partial charge in [0.05, 0.1) is 0 Å². The van der Waals surface area contributed by atoms with Crippen molar-refractivity contribution >= 4 is 0 Å². The van der Waals surface area contributed by atoms with E-state index < -0.39 is 0 Å². The second-order valence-electron chi connectivity index (χ2n) is 4.67. The first-order valence-electron chi connectivity index (χ1n) is 5.65. The Bertz CT molecular complexity index is 181. The Labute approximate surface area is 88.4 Å². The second kappa shape index (κ2) is 5.52. The van der Waals surface area contributed by atoms with Crippen molar-refractivity contribution in [2.24, 2.45) is 0 Å². The molecule has 1 saturated carbocycles. The lowest BCUT2D eigenvalue weighted by Crippen LogP contribution is -2.40. The molecule has 0 unspecified atom stereocenters. The van der Waals surface area contributed by atoms with Gasteiger partial charge in [0.2, 0.25) is 0 Å². The minimum absolute atomic E-state index is 0.754. The predicted octanol–water partition coefficient (Wildman–Crippen LogP) is 2.02. The lowest BCUT2D eigenvalue weighted by Gasteiger charge is -2.34. The molecule has 0 radical (unpaired) electrons. The summed E-state index contributed by atoms with van der Waals surface area (Å²) >= 11 is 0. The summed E-state index contributed by atoms with van der Waals surface area (Å²) in [5, 5.41) is 3.37. The van der Waals surface area contributed by atoms with Crippen molar-refractivity contribution in [3.05, 3.63) is 12.2 Å². The normalized spacial score (nSPS) is 28.0. The van der Waals surface area contributed by atoms with Crippen molar-refractivity contribution in [3.8, 4) is 0 Å². The fourth-order valence-electron chi connectivity index (χ4n) is 2.36. The van der Waals surface area contributed by atoms with Crippen LogP contribution in [0.15, 0.2) is 12.2 Å². The molecule has 1 N–H and O–H groups in total. The van der Waals surface area contributed by atoms with E-state index in [-0.39, 0.29) is 0 Å². The molecule has 0 atom stereocenters. The molecule has 0 amide bonds. The Hall–Kier alpha value is -0.340. The van der Waals surface area contributed by atoms with E-state index in [2.05, 4.69) is 37.8 Å². The van der Waals surface area contributed by atoms with Crippen LogP contribution in [0.2, 0.25) is 0 Å². The maximum atomic E-state index is 3.97. The fraction of sp³-hybridized carbons (Fsp3) is 0.833. The number of rotatable bonds is 4. The van der Waals surface area contributed by atoms with Crippen LogP contribution in [0.1, 0.15) is 32.6 Å². The Balaban J connectivity index is 2.30. The summed E-state index contributed by atoms with van der Waals surface area (Å²) in [4.78, 5) is 2.45. The second-order valence-corrected chi connectivity index (χ2v) is 4.67. The van der Waals surface area contributed by atoms with Gasteiger partial charge in [0.15, 0.2) is 0 Å². The standard InChI is InChI=1S/C12H24N2/c1-10(2)9-14(4)12-7-5-11(13-3)6-8-12/h11-13H,1,5-9H2,2-4H3. The van der Waals surface area contributed by atoms with E-state index in [1.807, 2.05) is 0 Å². The number of hydrogen-bond acceptors (Lipinski definition) is 2. The van der Waals surface area contributed by atoms with Crippen LogP contribution in [0.25, 0.3) is 0 Å². The van der Waals surface area contributed by atoms with Crippen LogP contribution >= 0.6 is 0 Å². The molecule has 0 spiro atoms. The van der Waals surface area contributed by atoms with Gasteiger partial charge < -0.3 is 5.32 Å². The maximum Gasteiger partial charge on any atom is 0.0187 e. The molecule has 1 fully saturated rings. The van der Waals surface area contributed by atoms with E-state index in [4.69, 9.17) is 0 Å². The van der Waals surface area contributed by atoms with Gasteiger partial charge in [-0.25, -0.2) is 0 Å². The van der Waals surface area contributed by atoms with Crippen molar-refractivity contribution in [1.29, 1.82) is 0 Å². The van der Waals surface area contributed by atoms with Gasteiger partial charge in [-0.3, -0.25) is 4.90 Å². The molecule has 14 heavy (non-hydrogen) atoms. The van der Waals surface area contributed by atoms with E-state index >= 15 is 0 Å². The molecule has 0 aromatic rings. The lowest BCUT2D eigenvalue weighted by molar-refractivity contribution is 0.188. The third-order valence-corrected chi connectivity index (χ3v) is 3.25. The van der Waals surface area contributed by atoms with Gasteiger partial charge in [0.25, 0.3) is 0 Å². The Morgan fingerprint density at radius 1 is 1.36 bits per heavy atom. The van der Waals surface area contributed by atoms with Gasteiger partial charge in [0.1, 0.15) is 0 Å². The molecule has 82 valence electrons. The third-order valence-electron chi connectivity index (χ3n) is 3.25. The molecule has 0 heterocycles. The van der Waals surface area contributed by atoms with Gasteiger partial charge in [-0.1, -0.05) is 12.2 Å². The van der Waals surface area contributed by atoms with Crippen LogP contribution in [0.3, 0.4) is 0 Å². The number of nitrogens with zero attached hydrogens (tertiary/aromatic N) is 1. The van der Waals surface area contributed by atoms with Gasteiger partial charge in [-0.15, -0.1) is 0 Å². The van der Waals surface area contributed by atoms with E-state index in [9.17, 15) is 0 Å². The van der Waals surface area contributed by atoms with Crippen molar-refractivity contribution in [2.45, 2.75) is 44.7 Å². The molecular formula is C12H24N2. The summed E-state index contributed by atoms with van der Waals surface area (Å²) in [5.41, 5.74) is 1.27. The summed E-state index contributed by atoms with van der Waals surface area (Å²) in [7, 11) is 4.29. The van der Waals surface area contributed by atoms with Crippen LogP contribution in [-0.2, 0) is 0 Å². The summed E-state index contributed by atoms with van der Waals surface area (Å²) in [6, 6.07) is 1.53. The van der Waals surface area contributed by atoms with Crippen molar-refractivity contribution in [1.82, 2.24) is 10.2 Å². The minimum atomic E-state index is 0.754. The summed E-state index contributed by atoms with van der Waals surface area (Å²) in [6.07, 6.45) is 5.30. The number of nitrogens with one attached hydrogen (secondary N) is 1. The van der Waals surface area contributed by atoms with Crippen LogP contribution in [0, 0.1) is 0 Å². The van der Waals surface area contributed by atoms with E-state index in [0.717, 1.165) is 18.6 Å². The highest BCUT2D eigenvalue weighted by Crippen LogP contribution is 2.22. The molecule has 2 nitrogen and oxygen atoms in total. The SMILES string of the molecule is C=C(C)CN(C)C1CCC(NC)CC1.